The van der Waals surface area contributed by atoms with Gasteiger partial charge in [-0.3, -0.25) is 5.10 Å². The van der Waals surface area contributed by atoms with Gasteiger partial charge in [0.1, 0.15) is 17.2 Å². The molecule has 2 unspecified atom stereocenters. The van der Waals surface area contributed by atoms with Gasteiger partial charge in [0, 0.05) is 12.6 Å². The van der Waals surface area contributed by atoms with Crippen LogP contribution in [0.4, 0.5) is 0 Å². The maximum absolute atomic E-state index is 6.40. The standard InChI is InChI=1S/C13H13ClN2O/c1-8-6-10-7-9(2-3-12(10)17-8)13(14)11-4-5-15-16-11/h2-5,7-8,13H,6H2,1H3,(H,15,16). The minimum Gasteiger partial charge on any atom is -0.490 e. The third-order valence-corrected chi connectivity index (χ3v) is 3.50. The number of hydrogen-bond acceptors (Lipinski definition) is 2. The first-order valence-corrected chi connectivity index (χ1v) is 6.10. The van der Waals surface area contributed by atoms with Crippen molar-refractivity contribution in [1.29, 1.82) is 0 Å². The number of alkyl halides is 1. The molecule has 2 atom stereocenters. The van der Waals surface area contributed by atoms with Crippen LogP contribution in [0.15, 0.2) is 30.5 Å². The summed E-state index contributed by atoms with van der Waals surface area (Å²) in [6.07, 6.45) is 2.93. The van der Waals surface area contributed by atoms with Gasteiger partial charge >= 0.3 is 0 Å². The lowest BCUT2D eigenvalue weighted by Gasteiger charge is -2.09. The molecule has 1 aliphatic heterocycles. The van der Waals surface area contributed by atoms with Gasteiger partial charge in [-0.05, 0) is 30.2 Å². The van der Waals surface area contributed by atoms with Gasteiger partial charge in [0.25, 0.3) is 0 Å². The Labute approximate surface area is 105 Å². The predicted molar refractivity (Wildman–Crippen MR) is 66.5 cm³/mol. The predicted octanol–water partition coefficient (Wildman–Crippen LogP) is 3.06. The largest absolute Gasteiger partial charge is 0.490 e. The summed E-state index contributed by atoms with van der Waals surface area (Å²) in [4.78, 5) is 0. The van der Waals surface area contributed by atoms with Crippen LogP contribution in [0.25, 0.3) is 0 Å². The van der Waals surface area contributed by atoms with Gasteiger partial charge in [-0.25, -0.2) is 0 Å². The number of H-pyrrole nitrogens is 1. The van der Waals surface area contributed by atoms with Crippen LogP contribution in [0.1, 0.15) is 29.1 Å². The van der Waals surface area contributed by atoms with E-state index >= 15 is 0 Å². The van der Waals surface area contributed by atoms with Crippen molar-refractivity contribution in [1.82, 2.24) is 10.2 Å². The number of ether oxygens (including phenoxy) is 1. The quantitative estimate of drug-likeness (QED) is 0.830. The Morgan fingerprint density at radius 1 is 1.47 bits per heavy atom. The summed E-state index contributed by atoms with van der Waals surface area (Å²) in [5.74, 6) is 0.981. The molecule has 1 N–H and O–H groups in total. The number of halogens is 1. The van der Waals surface area contributed by atoms with Gasteiger partial charge in [-0.15, -0.1) is 11.6 Å². The normalized spacial score (nSPS) is 19.8. The van der Waals surface area contributed by atoms with Crippen LogP contribution >= 0.6 is 11.6 Å². The lowest BCUT2D eigenvalue weighted by molar-refractivity contribution is 0.254. The Morgan fingerprint density at radius 3 is 3.12 bits per heavy atom. The van der Waals surface area contributed by atoms with Gasteiger partial charge in [0.2, 0.25) is 0 Å². The van der Waals surface area contributed by atoms with Crippen molar-refractivity contribution >= 4 is 11.6 Å². The maximum atomic E-state index is 6.40. The summed E-state index contributed by atoms with van der Waals surface area (Å²) in [6.45, 7) is 2.08. The third kappa shape index (κ3) is 1.91. The number of aromatic nitrogens is 2. The van der Waals surface area contributed by atoms with Crippen LogP contribution in [-0.2, 0) is 6.42 Å². The van der Waals surface area contributed by atoms with Crippen molar-refractivity contribution < 1.29 is 4.74 Å². The van der Waals surface area contributed by atoms with Gasteiger partial charge in [-0.2, -0.15) is 5.10 Å². The highest BCUT2D eigenvalue weighted by molar-refractivity contribution is 6.22. The zero-order valence-electron chi connectivity index (χ0n) is 9.48. The molecule has 0 fully saturated rings. The molecule has 0 saturated carbocycles. The highest BCUT2D eigenvalue weighted by Gasteiger charge is 2.21. The van der Waals surface area contributed by atoms with E-state index in [1.54, 1.807) is 6.20 Å². The van der Waals surface area contributed by atoms with Crippen LogP contribution in [0.5, 0.6) is 5.75 Å². The number of nitrogens with one attached hydrogen (secondary N) is 1. The fourth-order valence-electron chi connectivity index (χ4n) is 2.19. The average Bonchev–Trinajstić information content (AvgIpc) is 2.94. The Morgan fingerprint density at radius 2 is 2.35 bits per heavy atom. The van der Waals surface area contributed by atoms with Gasteiger partial charge < -0.3 is 4.74 Å². The highest BCUT2D eigenvalue weighted by atomic mass is 35.5. The zero-order valence-corrected chi connectivity index (χ0v) is 10.2. The number of hydrogen-bond donors (Lipinski definition) is 1. The van der Waals surface area contributed by atoms with Crippen molar-refractivity contribution in [2.24, 2.45) is 0 Å². The minimum atomic E-state index is -0.182. The van der Waals surface area contributed by atoms with Gasteiger partial charge in [0.05, 0.1) is 5.69 Å². The van der Waals surface area contributed by atoms with E-state index in [2.05, 4.69) is 23.2 Å². The number of fused-ring (bicyclic) bond motifs is 1. The topological polar surface area (TPSA) is 37.9 Å². The molecule has 0 bridgehead atoms. The summed E-state index contributed by atoms with van der Waals surface area (Å²) >= 11 is 6.40. The van der Waals surface area contributed by atoms with Crippen LogP contribution < -0.4 is 4.74 Å². The van der Waals surface area contributed by atoms with Crippen molar-refractivity contribution in [3.63, 3.8) is 0 Å². The monoisotopic (exact) mass is 248 g/mol. The van der Waals surface area contributed by atoms with E-state index in [4.69, 9.17) is 16.3 Å². The van der Waals surface area contributed by atoms with Crippen LogP contribution in [0.2, 0.25) is 0 Å². The van der Waals surface area contributed by atoms with E-state index < -0.39 is 0 Å². The smallest absolute Gasteiger partial charge is 0.123 e. The summed E-state index contributed by atoms with van der Waals surface area (Å²) in [6, 6.07) is 8.02. The fourth-order valence-corrected chi connectivity index (χ4v) is 2.44. The first-order valence-electron chi connectivity index (χ1n) is 5.67. The van der Waals surface area contributed by atoms with Crippen LogP contribution in [0, 0.1) is 0 Å². The molecule has 0 radical (unpaired) electrons. The molecule has 3 rings (SSSR count). The summed E-state index contributed by atoms with van der Waals surface area (Å²) in [5, 5.41) is 6.64. The summed E-state index contributed by atoms with van der Waals surface area (Å²) in [7, 11) is 0. The number of benzene rings is 1. The molecular formula is C13H13ClN2O. The molecule has 0 aliphatic carbocycles. The van der Waals surface area contributed by atoms with Crippen LogP contribution in [0.3, 0.4) is 0 Å². The lowest BCUT2D eigenvalue weighted by atomic mass is 10.0. The summed E-state index contributed by atoms with van der Waals surface area (Å²) < 4.78 is 5.67. The molecule has 0 spiro atoms. The molecule has 1 aromatic carbocycles. The molecule has 1 aliphatic rings. The maximum Gasteiger partial charge on any atom is 0.123 e. The number of nitrogens with zero attached hydrogens (tertiary/aromatic N) is 1. The fraction of sp³-hybridized carbons (Fsp3) is 0.308. The number of aromatic amines is 1. The molecule has 0 saturated heterocycles. The molecule has 1 aromatic heterocycles. The summed E-state index contributed by atoms with van der Waals surface area (Å²) in [5.41, 5.74) is 3.23. The average molecular weight is 249 g/mol. The van der Waals surface area contributed by atoms with E-state index in [9.17, 15) is 0 Å². The molecule has 88 valence electrons. The van der Waals surface area contributed by atoms with E-state index in [-0.39, 0.29) is 11.5 Å². The Balaban J connectivity index is 1.93. The molecule has 2 heterocycles. The molecular weight excluding hydrogens is 236 g/mol. The Hall–Kier alpha value is -1.48. The molecule has 0 amide bonds. The minimum absolute atomic E-state index is 0.182. The Kier molecular flexibility index (Phi) is 2.56. The molecule has 2 aromatic rings. The van der Waals surface area contributed by atoms with Crippen molar-refractivity contribution in [3.05, 3.63) is 47.3 Å². The van der Waals surface area contributed by atoms with Crippen LogP contribution in [-0.4, -0.2) is 16.3 Å². The second-order valence-corrected chi connectivity index (χ2v) is 4.81. The van der Waals surface area contributed by atoms with E-state index in [1.807, 2.05) is 18.2 Å². The van der Waals surface area contributed by atoms with Gasteiger partial charge in [0.15, 0.2) is 0 Å². The third-order valence-electron chi connectivity index (χ3n) is 3.01. The first-order chi connectivity index (χ1) is 8.24. The molecule has 17 heavy (non-hydrogen) atoms. The molecule has 4 heteroatoms. The zero-order chi connectivity index (χ0) is 11.8. The molecule has 3 nitrogen and oxygen atoms in total. The lowest BCUT2D eigenvalue weighted by Crippen LogP contribution is -2.05. The highest BCUT2D eigenvalue weighted by Crippen LogP contribution is 2.34. The van der Waals surface area contributed by atoms with Crippen molar-refractivity contribution in [3.8, 4) is 5.75 Å². The second kappa shape index (κ2) is 4.08. The SMILES string of the molecule is CC1Cc2cc(C(Cl)c3ccn[nH]3)ccc2O1. The second-order valence-electron chi connectivity index (χ2n) is 4.37. The Bertz CT molecular complexity index is 524. The van der Waals surface area contributed by atoms with E-state index in [0.717, 1.165) is 23.4 Å². The van der Waals surface area contributed by atoms with Crippen molar-refractivity contribution in [2.75, 3.05) is 0 Å². The van der Waals surface area contributed by atoms with E-state index in [0.29, 0.717) is 0 Å². The first kappa shape index (κ1) is 10.7. The van der Waals surface area contributed by atoms with E-state index in [1.165, 1.54) is 5.56 Å². The van der Waals surface area contributed by atoms with Gasteiger partial charge in [-0.1, -0.05) is 12.1 Å². The van der Waals surface area contributed by atoms with Crippen molar-refractivity contribution in [2.45, 2.75) is 24.8 Å². The number of rotatable bonds is 2.